The predicted octanol–water partition coefficient (Wildman–Crippen LogP) is 3.62. The van der Waals surface area contributed by atoms with Gasteiger partial charge < -0.3 is 9.88 Å². The van der Waals surface area contributed by atoms with Crippen LogP contribution in [-0.4, -0.2) is 32.0 Å². The van der Waals surface area contributed by atoms with E-state index in [1.54, 1.807) is 30.7 Å². The smallest absolute Gasteiger partial charge is 0.252 e. The standard InChI is InChI=1S/C22H21N5O/c1-16-7-9-17(10-8-16)20-26-19-6-3-12-24-21(19)27(20)14-4-13-25-22(28)18-5-2-11-23-15-18/h2-3,5-12,15H,4,13-14H2,1H3,(H,25,28). The van der Waals surface area contributed by atoms with Crippen LogP contribution in [0.15, 0.2) is 67.1 Å². The van der Waals surface area contributed by atoms with Crippen LogP contribution >= 0.6 is 0 Å². The molecular weight excluding hydrogens is 350 g/mol. The van der Waals surface area contributed by atoms with Gasteiger partial charge in [0.05, 0.1) is 5.56 Å². The van der Waals surface area contributed by atoms with Gasteiger partial charge in [-0.3, -0.25) is 9.78 Å². The summed E-state index contributed by atoms with van der Waals surface area (Å²) in [5.74, 6) is 0.785. The molecule has 1 N–H and O–H groups in total. The number of carbonyl (C=O) groups is 1. The molecule has 0 bridgehead atoms. The number of imidazole rings is 1. The summed E-state index contributed by atoms with van der Waals surface area (Å²) in [5, 5.41) is 2.94. The number of aryl methyl sites for hydroxylation is 2. The molecule has 28 heavy (non-hydrogen) atoms. The van der Waals surface area contributed by atoms with Crippen LogP contribution < -0.4 is 5.32 Å². The quantitative estimate of drug-likeness (QED) is 0.526. The predicted molar refractivity (Wildman–Crippen MR) is 109 cm³/mol. The Morgan fingerprint density at radius 2 is 1.89 bits per heavy atom. The molecule has 0 aliphatic carbocycles. The molecule has 0 saturated heterocycles. The number of pyridine rings is 2. The molecule has 140 valence electrons. The first-order valence-corrected chi connectivity index (χ1v) is 9.29. The van der Waals surface area contributed by atoms with Crippen molar-refractivity contribution < 1.29 is 4.79 Å². The topological polar surface area (TPSA) is 72.7 Å². The van der Waals surface area contributed by atoms with Crippen LogP contribution in [0.5, 0.6) is 0 Å². The zero-order valence-electron chi connectivity index (χ0n) is 15.7. The van der Waals surface area contributed by atoms with Crippen LogP contribution in [-0.2, 0) is 6.54 Å². The van der Waals surface area contributed by atoms with Crippen molar-refractivity contribution in [3.05, 3.63) is 78.2 Å². The highest BCUT2D eigenvalue weighted by Gasteiger charge is 2.13. The highest BCUT2D eigenvalue weighted by molar-refractivity contribution is 5.93. The molecule has 0 aliphatic rings. The van der Waals surface area contributed by atoms with E-state index < -0.39 is 0 Å². The summed E-state index contributed by atoms with van der Waals surface area (Å²) in [6.45, 7) is 3.34. The normalized spacial score (nSPS) is 10.9. The molecule has 3 heterocycles. The summed E-state index contributed by atoms with van der Waals surface area (Å²) in [6.07, 6.45) is 5.77. The van der Waals surface area contributed by atoms with Gasteiger partial charge in [-0.1, -0.05) is 29.8 Å². The molecule has 4 rings (SSSR count). The number of amides is 1. The monoisotopic (exact) mass is 371 g/mol. The lowest BCUT2D eigenvalue weighted by Crippen LogP contribution is -2.25. The van der Waals surface area contributed by atoms with Gasteiger partial charge in [-0.2, -0.15) is 0 Å². The van der Waals surface area contributed by atoms with Gasteiger partial charge in [0.1, 0.15) is 11.3 Å². The molecule has 0 radical (unpaired) electrons. The Kier molecular flexibility index (Phi) is 5.10. The van der Waals surface area contributed by atoms with Gasteiger partial charge in [-0.15, -0.1) is 0 Å². The molecule has 0 spiro atoms. The maximum Gasteiger partial charge on any atom is 0.252 e. The SMILES string of the molecule is Cc1ccc(-c2nc3cccnc3n2CCCNC(=O)c2cccnc2)cc1. The third-order valence-corrected chi connectivity index (χ3v) is 4.58. The van der Waals surface area contributed by atoms with Gasteiger partial charge in [0.25, 0.3) is 5.91 Å². The van der Waals surface area contributed by atoms with Gasteiger partial charge in [0.15, 0.2) is 5.65 Å². The van der Waals surface area contributed by atoms with E-state index in [0.29, 0.717) is 18.7 Å². The maximum atomic E-state index is 12.2. The summed E-state index contributed by atoms with van der Waals surface area (Å²) in [6, 6.07) is 15.7. The van der Waals surface area contributed by atoms with E-state index in [-0.39, 0.29) is 5.91 Å². The van der Waals surface area contributed by atoms with Crippen LogP contribution in [0.4, 0.5) is 0 Å². The molecule has 0 atom stereocenters. The van der Waals surface area contributed by atoms with Crippen LogP contribution in [0.3, 0.4) is 0 Å². The molecular formula is C22H21N5O. The highest BCUT2D eigenvalue weighted by Crippen LogP contribution is 2.24. The average Bonchev–Trinajstić information content (AvgIpc) is 3.11. The lowest BCUT2D eigenvalue weighted by molar-refractivity contribution is 0.0952. The van der Waals surface area contributed by atoms with Crippen molar-refractivity contribution in [1.82, 2.24) is 24.8 Å². The second kappa shape index (κ2) is 8.00. The van der Waals surface area contributed by atoms with Gasteiger partial charge in [-0.05, 0) is 37.6 Å². The van der Waals surface area contributed by atoms with Crippen molar-refractivity contribution in [2.75, 3.05) is 6.54 Å². The van der Waals surface area contributed by atoms with Crippen molar-refractivity contribution in [1.29, 1.82) is 0 Å². The second-order valence-electron chi connectivity index (χ2n) is 6.65. The van der Waals surface area contributed by atoms with E-state index in [1.807, 2.05) is 12.1 Å². The first-order valence-electron chi connectivity index (χ1n) is 9.29. The summed E-state index contributed by atoms with van der Waals surface area (Å²) < 4.78 is 2.12. The maximum absolute atomic E-state index is 12.2. The number of carbonyl (C=O) groups excluding carboxylic acids is 1. The Labute approximate surface area is 163 Å². The molecule has 1 amide bonds. The third kappa shape index (κ3) is 3.76. The number of benzene rings is 1. The Morgan fingerprint density at radius 3 is 2.68 bits per heavy atom. The zero-order valence-corrected chi connectivity index (χ0v) is 15.7. The Morgan fingerprint density at radius 1 is 1.07 bits per heavy atom. The van der Waals surface area contributed by atoms with Crippen LogP contribution in [0.1, 0.15) is 22.3 Å². The molecule has 0 saturated carbocycles. The fourth-order valence-electron chi connectivity index (χ4n) is 3.13. The van der Waals surface area contributed by atoms with Gasteiger partial charge in [-0.25, -0.2) is 9.97 Å². The lowest BCUT2D eigenvalue weighted by atomic mass is 10.1. The van der Waals surface area contributed by atoms with Gasteiger partial charge in [0, 0.05) is 37.2 Å². The number of rotatable bonds is 6. The zero-order chi connectivity index (χ0) is 19.3. The molecule has 3 aromatic heterocycles. The lowest BCUT2D eigenvalue weighted by Gasteiger charge is -2.10. The number of hydrogen-bond acceptors (Lipinski definition) is 4. The van der Waals surface area contributed by atoms with E-state index in [4.69, 9.17) is 4.98 Å². The molecule has 6 nitrogen and oxygen atoms in total. The van der Waals surface area contributed by atoms with Crippen molar-refractivity contribution >= 4 is 17.1 Å². The molecule has 6 heteroatoms. The fourth-order valence-corrected chi connectivity index (χ4v) is 3.13. The van der Waals surface area contributed by atoms with Gasteiger partial charge >= 0.3 is 0 Å². The van der Waals surface area contributed by atoms with E-state index in [1.165, 1.54) is 5.56 Å². The number of hydrogen-bond donors (Lipinski definition) is 1. The Balaban J connectivity index is 1.50. The summed E-state index contributed by atoms with van der Waals surface area (Å²) in [7, 11) is 0. The van der Waals surface area contributed by atoms with Crippen molar-refractivity contribution in [2.45, 2.75) is 19.9 Å². The number of nitrogens with zero attached hydrogens (tertiary/aromatic N) is 4. The molecule has 1 aromatic carbocycles. The number of aromatic nitrogens is 4. The van der Waals surface area contributed by atoms with Crippen molar-refractivity contribution in [3.8, 4) is 11.4 Å². The largest absolute Gasteiger partial charge is 0.352 e. The summed E-state index contributed by atoms with van der Waals surface area (Å²) in [5.41, 5.74) is 4.57. The van der Waals surface area contributed by atoms with Gasteiger partial charge in [0.2, 0.25) is 0 Å². The third-order valence-electron chi connectivity index (χ3n) is 4.58. The van der Waals surface area contributed by atoms with E-state index >= 15 is 0 Å². The first-order chi connectivity index (χ1) is 13.7. The van der Waals surface area contributed by atoms with E-state index in [9.17, 15) is 4.79 Å². The fraction of sp³-hybridized carbons (Fsp3) is 0.182. The van der Waals surface area contributed by atoms with Crippen molar-refractivity contribution in [3.63, 3.8) is 0 Å². The minimum Gasteiger partial charge on any atom is -0.352 e. The molecule has 0 aliphatic heterocycles. The van der Waals surface area contributed by atoms with Crippen LogP contribution in [0.25, 0.3) is 22.6 Å². The number of nitrogens with one attached hydrogen (secondary N) is 1. The molecule has 0 unspecified atom stereocenters. The summed E-state index contributed by atoms with van der Waals surface area (Å²) in [4.78, 5) is 25.4. The minimum absolute atomic E-state index is 0.111. The summed E-state index contributed by atoms with van der Waals surface area (Å²) >= 11 is 0. The van der Waals surface area contributed by atoms with Crippen molar-refractivity contribution in [2.24, 2.45) is 0 Å². The highest BCUT2D eigenvalue weighted by atomic mass is 16.1. The number of fused-ring (bicyclic) bond motifs is 1. The minimum atomic E-state index is -0.111. The Bertz CT molecular complexity index is 1090. The molecule has 4 aromatic rings. The van der Waals surface area contributed by atoms with E-state index in [2.05, 4.69) is 51.0 Å². The molecule has 0 fully saturated rings. The first kappa shape index (κ1) is 17.9. The van der Waals surface area contributed by atoms with Crippen LogP contribution in [0, 0.1) is 6.92 Å². The second-order valence-corrected chi connectivity index (χ2v) is 6.65. The Hall–Kier alpha value is -3.54. The van der Waals surface area contributed by atoms with E-state index in [0.717, 1.165) is 29.0 Å². The van der Waals surface area contributed by atoms with Crippen LogP contribution in [0.2, 0.25) is 0 Å². The average molecular weight is 371 g/mol.